The molecule has 0 aromatic rings. The van der Waals surface area contributed by atoms with Gasteiger partial charge in [0.1, 0.15) is 0 Å². The third-order valence-electron chi connectivity index (χ3n) is 4.55. The van der Waals surface area contributed by atoms with Crippen LogP contribution in [0.4, 0.5) is 0 Å². The van der Waals surface area contributed by atoms with Crippen LogP contribution in [0.15, 0.2) is 0 Å². The van der Waals surface area contributed by atoms with E-state index >= 15 is 0 Å². The molecule has 0 bridgehead atoms. The van der Waals surface area contributed by atoms with Crippen LogP contribution in [0.1, 0.15) is 26.2 Å². The van der Waals surface area contributed by atoms with E-state index < -0.39 is 10.2 Å². The second kappa shape index (κ2) is 7.87. The van der Waals surface area contributed by atoms with Crippen LogP contribution in [0.3, 0.4) is 0 Å². The Morgan fingerprint density at radius 3 is 2.52 bits per heavy atom. The summed E-state index contributed by atoms with van der Waals surface area (Å²) in [5.41, 5.74) is 0. The molecule has 2 aliphatic rings. The summed E-state index contributed by atoms with van der Waals surface area (Å²) in [4.78, 5) is 2.26. The summed E-state index contributed by atoms with van der Waals surface area (Å²) in [7, 11) is -1.22. The number of hydrogen-bond donors (Lipinski definition) is 2. The molecule has 6 nitrogen and oxygen atoms in total. The van der Waals surface area contributed by atoms with E-state index in [2.05, 4.69) is 28.9 Å². The van der Waals surface area contributed by atoms with Crippen molar-refractivity contribution in [2.75, 3.05) is 52.9 Å². The summed E-state index contributed by atoms with van der Waals surface area (Å²) >= 11 is 0. The number of hydrogen-bond acceptors (Lipinski definition) is 4. The van der Waals surface area contributed by atoms with Gasteiger partial charge in [0, 0.05) is 26.2 Å². The van der Waals surface area contributed by atoms with Gasteiger partial charge in [0.05, 0.1) is 0 Å². The maximum Gasteiger partial charge on any atom is 0.279 e. The molecule has 2 heterocycles. The summed E-state index contributed by atoms with van der Waals surface area (Å²) in [5.74, 6) is 0.889. The first-order valence-corrected chi connectivity index (χ1v) is 9.59. The molecule has 2 fully saturated rings. The Balaban J connectivity index is 1.80. The number of nitrogens with one attached hydrogen (secondary N) is 2. The van der Waals surface area contributed by atoms with Crippen LogP contribution in [-0.4, -0.2) is 70.5 Å². The summed E-state index contributed by atoms with van der Waals surface area (Å²) in [6.07, 6.45) is 3.16. The SMILES string of the molecule is CCNCC1CCCN(S(=O)(=O)NCC2CCN(C)C2)C1. The van der Waals surface area contributed by atoms with E-state index in [1.165, 1.54) is 0 Å². The number of rotatable bonds is 7. The first-order valence-electron chi connectivity index (χ1n) is 8.15. The molecule has 124 valence electrons. The Hall–Kier alpha value is -0.210. The summed E-state index contributed by atoms with van der Waals surface area (Å²) in [5, 5.41) is 3.32. The molecule has 2 N–H and O–H groups in total. The third-order valence-corrected chi connectivity index (χ3v) is 6.09. The van der Waals surface area contributed by atoms with Crippen molar-refractivity contribution in [1.29, 1.82) is 0 Å². The molecule has 2 rings (SSSR count). The van der Waals surface area contributed by atoms with Crippen LogP contribution in [-0.2, 0) is 10.2 Å². The van der Waals surface area contributed by atoms with Gasteiger partial charge in [0.2, 0.25) is 0 Å². The highest BCUT2D eigenvalue weighted by Crippen LogP contribution is 2.19. The minimum atomic E-state index is -3.31. The zero-order chi connectivity index (χ0) is 15.3. The predicted molar refractivity (Wildman–Crippen MR) is 85.4 cm³/mol. The Kier molecular flexibility index (Phi) is 6.43. The fourth-order valence-electron chi connectivity index (χ4n) is 3.27. The first kappa shape index (κ1) is 17.1. The van der Waals surface area contributed by atoms with Crippen molar-refractivity contribution in [3.05, 3.63) is 0 Å². The van der Waals surface area contributed by atoms with Crippen molar-refractivity contribution in [2.45, 2.75) is 26.2 Å². The van der Waals surface area contributed by atoms with Crippen molar-refractivity contribution < 1.29 is 8.42 Å². The van der Waals surface area contributed by atoms with E-state index in [4.69, 9.17) is 0 Å². The van der Waals surface area contributed by atoms with Crippen molar-refractivity contribution in [3.8, 4) is 0 Å². The van der Waals surface area contributed by atoms with E-state index in [-0.39, 0.29) is 0 Å². The Morgan fingerprint density at radius 2 is 1.86 bits per heavy atom. The lowest BCUT2D eigenvalue weighted by Crippen LogP contribution is -2.48. The predicted octanol–water partition coefficient (Wildman–Crippen LogP) is 0.0940. The standard InChI is InChI=1S/C14H30N4O2S/c1-3-15-9-13-5-4-7-18(12-13)21(19,20)16-10-14-6-8-17(2)11-14/h13-16H,3-12H2,1-2H3. The number of nitrogens with zero attached hydrogens (tertiary/aromatic N) is 2. The summed E-state index contributed by atoms with van der Waals surface area (Å²) in [6, 6.07) is 0. The van der Waals surface area contributed by atoms with Crippen LogP contribution in [0.2, 0.25) is 0 Å². The highest BCUT2D eigenvalue weighted by atomic mass is 32.2. The molecule has 0 saturated carbocycles. The first-order chi connectivity index (χ1) is 10.0. The van der Waals surface area contributed by atoms with Gasteiger partial charge in [0.25, 0.3) is 10.2 Å². The molecule has 7 heteroatoms. The minimum absolute atomic E-state index is 0.438. The van der Waals surface area contributed by atoms with E-state index in [0.717, 1.165) is 45.4 Å². The van der Waals surface area contributed by atoms with Crippen LogP contribution < -0.4 is 10.0 Å². The van der Waals surface area contributed by atoms with E-state index in [0.29, 0.717) is 31.5 Å². The fraction of sp³-hybridized carbons (Fsp3) is 1.00. The van der Waals surface area contributed by atoms with Gasteiger partial charge >= 0.3 is 0 Å². The summed E-state index contributed by atoms with van der Waals surface area (Å²) < 4.78 is 29.3. The molecule has 2 saturated heterocycles. The lowest BCUT2D eigenvalue weighted by atomic mass is 10.00. The maximum absolute atomic E-state index is 12.4. The van der Waals surface area contributed by atoms with Gasteiger partial charge in [-0.05, 0) is 57.8 Å². The van der Waals surface area contributed by atoms with Gasteiger partial charge < -0.3 is 10.2 Å². The molecule has 0 amide bonds. The highest BCUT2D eigenvalue weighted by Gasteiger charge is 2.29. The zero-order valence-electron chi connectivity index (χ0n) is 13.3. The van der Waals surface area contributed by atoms with Crippen LogP contribution in [0, 0.1) is 11.8 Å². The summed E-state index contributed by atoms with van der Waals surface area (Å²) in [6.45, 7) is 7.87. The van der Waals surface area contributed by atoms with E-state index in [1.807, 2.05) is 0 Å². The average Bonchev–Trinajstić information content (AvgIpc) is 2.89. The van der Waals surface area contributed by atoms with Crippen molar-refractivity contribution in [3.63, 3.8) is 0 Å². The van der Waals surface area contributed by atoms with Gasteiger partial charge in [-0.2, -0.15) is 12.7 Å². The lowest BCUT2D eigenvalue weighted by molar-refractivity contribution is 0.258. The molecule has 2 aliphatic heterocycles. The topological polar surface area (TPSA) is 64.7 Å². The molecule has 0 aromatic carbocycles. The number of likely N-dealkylation sites (tertiary alicyclic amines) is 1. The second-order valence-corrected chi connectivity index (χ2v) is 8.20. The third kappa shape index (κ3) is 5.17. The van der Waals surface area contributed by atoms with Gasteiger partial charge in [-0.3, -0.25) is 0 Å². The molecular weight excluding hydrogens is 288 g/mol. The monoisotopic (exact) mass is 318 g/mol. The Bertz CT molecular complexity index is 415. The molecule has 0 radical (unpaired) electrons. The van der Waals surface area contributed by atoms with E-state index in [1.54, 1.807) is 4.31 Å². The average molecular weight is 318 g/mol. The Morgan fingerprint density at radius 1 is 1.10 bits per heavy atom. The van der Waals surface area contributed by atoms with Crippen LogP contribution >= 0.6 is 0 Å². The molecule has 0 spiro atoms. The second-order valence-electron chi connectivity index (χ2n) is 6.44. The quantitative estimate of drug-likeness (QED) is 0.698. The van der Waals surface area contributed by atoms with Crippen LogP contribution in [0.25, 0.3) is 0 Å². The smallest absolute Gasteiger partial charge is 0.279 e. The normalized spacial score (nSPS) is 29.0. The van der Waals surface area contributed by atoms with Gasteiger partial charge in [-0.1, -0.05) is 6.92 Å². The molecule has 0 aliphatic carbocycles. The molecule has 2 atom stereocenters. The molecule has 2 unspecified atom stereocenters. The fourth-order valence-corrected chi connectivity index (χ4v) is 4.67. The number of piperidine rings is 1. The minimum Gasteiger partial charge on any atom is -0.317 e. The lowest BCUT2D eigenvalue weighted by Gasteiger charge is -2.32. The van der Waals surface area contributed by atoms with Crippen molar-refractivity contribution >= 4 is 10.2 Å². The van der Waals surface area contributed by atoms with Gasteiger partial charge in [-0.15, -0.1) is 0 Å². The molecule has 21 heavy (non-hydrogen) atoms. The maximum atomic E-state index is 12.4. The van der Waals surface area contributed by atoms with Crippen LogP contribution in [0.5, 0.6) is 0 Å². The highest BCUT2D eigenvalue weighted by molar-refractivity contribution is 7.87. The largest absolute Gasteiger partial charge is 0.317 e. The zero-order valence-corrected chi connectivity index (χ0v) is 14.2. The van der Waals surface area contributed by atoms with Gasteiger partial charge in [0.15, 0.2) is 0 Å². The molecular formula is C14H30N4O2S. The molecule has 0 aromatic heterocycles. The van der Waals surface area contributed by atoms with Crippen molar-refractivity contribution in [2.24, 2.45) is 11.8 Å². The van der Waals surface area contributed by atoms with E-state index in [9.17, 15) is 8.42 Å². The van der Waals surface area contributed by atoms with Crippen molar-refractivity contribution in [1.82, 2.24) is 19.2 Å². The van der Waals surface area contributed by atoms with Gasteiger partial charge in [-0.25, -0.2) is 4.72 Å². The Labute approximate surface area is 129 Å².